The van der Waals surface area contributed by atoms with Crippen molar-refractivity contribution in [1.82, 2.24) is 10.2 Å². The number of nitrogens with zero attached hydrogens (tertiary/aromatic N) is 2. The Bertz CT molecular complexity index is 430. The predicted octanol–water partition coefficient (Wildman–Crippen LogP) is 3.10. The zero-order valence-corrected chi connectivity index (χ0v) is 10.1. The van der Waals surface area contributed by atoms with Crippen LogP contribution >= 0.6 is 38.5 Å². The summed E-state index contributed by atoms with van der Waals surface area (Å²) in [6, 6.07) is 7.74. The van der Waals surface area contributed by atoms with E-state index in [0.29, 0.717) is 9.79 Å². The van der Waals surface area contributed by atoms with Gasteiger partial charge in [-0.15, -0.1) is 10.2 Å². The van der Waals surface area contributed by atoms with Gasteiger partial charge in [0.05, 0.1) is 0 Å². The highest BCUT2D eigenvalue weighted by Crippen LogP contribution is 2.21. The van der Waals surface area contributed by atoms with Crippen molar-refractivity contribution in [2.45, 2.75) is 0 Å². The normalized spacial score (nSPS) is 10.3. The van der Waals surface area contributed by atoms with E-state index in [1.165, 1.54) is 0 Å². The molecular formula is C8H4BrIN2O. The standard InChI is InChI=1S/C8H4BrIN2O/c9-6-3-1-2-5(4-6)7-11-12-8(10)13-7/h1-4H. The molecular weight excluding hydrogens is 347 g/mol. The Kier molecular flexibility index (Phi) is 2.63. The Morgan fingerprint density at radius 3 is 2.77 bits per heavy atom. The lowest BCUT2D eigenvalue weighted by atomic mass is 10.2. The fourth-order valence-electron chi connectivity index (χ4n) is 0.943. The second kappa shape index (κ2) is 3.75. The van der Waals surface area contributed by atoms with Crippen LogP contribution in [0.4, 0.5) is 0 Å². The molecule has 0 aliphatic carbocycles. The molecule has 3 nitrogen and oxygen atoms in total. The molecule has 1 heterocycles. The maximum atomic E-state index is 5.27. The number of aromatic nitrogens is 2. The summed E-state index contributed by atoms with van der Waals surface area (Å²) in [4.78, 5) is 0. The summed E-state index contributed by atoms with van der Waals surface area (Å²) in [5, 5.41) is 7.66. The van der Waals surface area contributed by atoms with E-state index in [1.807, 2.05) is 46.9 Å². The molecule has 2 rings (SSSR count). The summed E-state index contributed by atoms with van der Waals surface area (Å²) >= 11 is 5.36. The van der Waals surface area contributed by atoms with E-state index in [1.54, 1.807) is 0 Å². The lowest BCUT2D eigenvalue weighted by molar-refractivity contribution is 0.537. The van der Waals surface area contributed by atoms with Gasteiger partial charge in [-0.3, -0.25) is 0 Å². The van der Waals surface area contributed by atoms with Crippen LogP contribution in [-0.2, 0) is 0 Å². The molecule has 2 aromatic rings. The third-order valence-electron chi connectivity index (χ3n) is 1.47. The Morgan fingerprint density at radius 2 is 2.15 bits per heavy atom. The molecule has 0 aliphatic rings. The Morgan fingerprint density at radius 1 is 1.31 bits per heavy atom. The van der Waals surface area contributed by atoms with Gasteiger partial charge in [-0.05, 0) is 18.2 Å². The van der Waals surface area contributed by atoms with Gasteiger partial charge >= 0.3 is 0 Å². The molecule has 0 aliphatic heterocycles. The summed E-state index contributed by atoms with van der Waals surface area (Å²) in [5.41, 5.74) is 0.921. The van der Waals surface area contributed by atoms with Crippen LogP contribution in [-0.4, -0.2) is 10.2 Å². The second-order valence-corrected chi connectivity index (χ2v) is 4.21. The van der Waals surface area contributed by atoms with Crippen molar-refractivity contribution in [2.75, 3.05) is 0 Å². The minimum atomic E-state index is 0.547. The molecule has 1 aromatic carbocycles. The summed E-state index contributed by atoms with van der Waals surface area (Å²) < 4.78 is 6.82. The third-order valence-corrected chi connectivity index (χ3v) is 2.40. The van der Waals surface area contributed by atoms with E-state index in [0.717, 1.165) is 10.0 Å². The fraction of sp³-hybridized carbons (Fsp3) is 0. The first-order valence-electron chi connectivity index (χ1n) is 3.50. The SMILES string of the molecule is Brc1cccc(-c2nnc(I)o2)c1. The average molecular weight is 351 g/mol. The minimum Gasteiger partial charge on any atom is -0.412 e. The molecule has 13 heavy (non-hydrogen) atoms. The first-order chi connectivity index (χ1) is 6.25. The van der Waals surface area contributed by atoms with Crippen LogP contribution in [0.3, 0.4) is 0 Å². The molecule has 5 heteroatoms. The van der Waals surface area contributed by atoms with Crippen molar-refractivity contribution >= 4 is 38.5 Å². The maximum Gasteiger partial charge on any atom is 0.278 e. The van der Waals surface area contributed by atoms with Gasteiger partial charge in [-0.25, -0.2) is 0 Å². The molecule has 0 saturated heterocycles. The van der Waals surface area contributed by atoms with Crippen LogP contribution < -0.4 is 0 Å². The third kappa shape index (κ3) is 2.08. The molecule has 0 unspecified atom stereocenters. The minimum absolute atomic E-state index is 0.547. The monoisotopic (exact) mass is 350 g/mol. The van der Waals surface area contributed by atoms with Crippen LogP contribution in [0, 0.1) is 3.90 Å². The molecule has 0 atom stereocenters. The van der Waals surface area contributed by atoms with Gasteiger partial charge < -0.3 is 4.42 Å². The van der Waals surface area contributed by atoms with Gasteiger partial charge in [0, 0.05) is 32.6 Å². The highest BCUT2D eigenvalue weighted by Gasteiger charge is 2.05. The first-order valence-corrected chi connectivity index (χ1v) is 5.38. The van der Waals surface area contributed by atoms with Crippen molar-refractivity contribution < 1.29 is 4.42 Å². The van der Waals surface area contributed by atoms with E-state index in [-0.39, 0.29) is 0 Å². The number of halogens is 2. The highest BCUT2D eigenvalue weighted by molar-refractivity contribution is 14.1. The molecule has 0 amide bonds. The lowest BCUT2D eigenvalue weighted by Crippen LogP contribution is -1.76. The van der Waals surface area contributed by atoms with E-state index < -0.39 is 0 Å². The smallest absolute Gasteiger partial charge is 0.278 e. The topological polar surface area (TPSA) is 38.9 Å². The Balaban J connectivity index is 2.46. The van der Waals surface area contributed by atoms with Gasteiger partial charge in [-0.1, -0.05) is 22.0 Å². The summed E-state index contributed by atoms with van der Waals surface area (Å²) in [6.07, 6.45) is 0. The number of benzene rings is 1. The predicted molar refractivity (Wildman–Crippen MR) is 60.2 cm³/mol. The Hall–Kier alpha value is -0.430. The van der Waals surface area contributed by atoms with Crippen LogP contribution in [0.15, 0.2) is 33.2 Å². The molecule has 66 valence electrons. The van der Waals surface area contributed by atoms with E-state index in [9.17, 15) is 0 Å². The van der Waals surface area contributed by atoms with Gasteiger partial charge in [-0.2, -0.15) is 0 Å². The van der Waals surface area contributed by atoms with E-state index in [4.69, 9.17) is 4.42 Å². The summed E-state index contributed by atoms with van der Waals surface area (Å²) in [5.74, 6) is 0.547. The highest BCUT2D eigenvalue weighted by atomic mass is 127. The molecule has 0 saturated carbocycles. The maximum absolute atomic E-state index is 5.27. The van der Waals surface area contributed by atoms with E-state index >= 15 is 0 Å². The lowest BCUT2D eigenvalue weighted by Gasteiger charge is -1.93. The van der Waals surface area contributed by atoms with Gasteiger partial charge in [0.25, 0.3) is 3.90 Å². The molecule has 0 fully saturated rings. The fourth-order valence-corrected chi connectivity index (χ4v) is 1.66. The summed E-state index contributed by atoms with van der Waals surface area (Å²) in [7, 11) is 0. The molecule has 0 spiro atoms. The number of hydrogen-bond donors (Lipinski definition) is 0. The number of hydrogen-bond acceptors (Lipinski definition) is 3. The van der Waals surface area contributed by atoms with Gasteiger partial charge in [0.1, 0.15) is 0 Å². The van der Waals surface area contributed by atoms with Crippen molar-refractivity contribution in [3.05, 3.63) is 32.6 Å². The van der Waals surface area contributed by atoms with Crippen molar-refractivity contribution in [2.24, 2.45) is 0 Å². The van der Waals surface area contributed by atoms with Crippen molar-refractivity contribution in [1.29, 1.82) is 0 Å². The largest absolute Gasteiger partial charge is 0.412 e. The second-order valence-electron chi connectivity index (χ2n) is 2.37. The van der Waals surface area contributed by atoms with Crippen molar-refractivity contribution in [3.63, 3.8) is 0 Å². The van der Waals surface area contributed by atoms with E-state index in [2.05, 4.69) is 26.1 Å². The van der Waals surface area contributed by atoms with Crippen LogP contribution in [0.5, 0.6) is 0 Å². The quantitative estimate of drug-likeness (QED) is 0.742. The Labute approximate surface area is 96.8 Å². The summed E-state index contributed by atoms with van der Waals surface area (Å²) in [6.45, 7) is 0. The van der Waals surface area contributed by atoms with Crippen LogP contribution in [0.25, 0.3) is 11.5 Å². The van der Waals surface area contributed by atoms with Gasteiger partial charge in [0.15, 0.2) is 0 Å². The first kappa shape index (κ1) is 9.14. The van der Waals surface area contributed by atoms with Crippen molar-refractivity contribution in [3.8, 4) is 11.5 Å². The zero-order valence-electron chi connectivity index (χ0n) is 6.37. The molecule has 0 N–H and O–H groups in total. The van der Waals surface area contributed by atoms with Crippen LogP contribution in [0.1, 0.15) is 0 Å². The molecule has 0 bridgehead atoms. The number of rotatable bonds is 1. The van der Waals surface area contributed by atoms with Gasteiger partial charge in [0.2, 0.25) is 5.89 Å². The van der Waals surface area contributed by atoms with Crippen LogP contribution in [0.2, 0.25) is 0 Å². The zero-order chi connectivity index (χ0) is 9.26. The molecule has 0 radical (unpaired) electrons. The average Bonchev–Trinajstić information content (AvgIpc) is 2.52. The molecule has 1 aromatic heterocycles.